The molecule has 2 aliphatic rings. The summed E-state index contributed by atoms with van der Waals surface area (Å²) < 4.78 is 41.5. The summed E-state index contributed by atoms with van der Waals surface area (Å²) in [6.45, 7) is 3.09. The monoisotopic (exact) mass is 607 g/mol. The van der Waals surface area contributed by atoms with Gasteiger partial charge in [-0.05, 0) is 91.9 Å². The van der Waals surface area contributed by atoms with Crippen LogP contribution in [0.3, 0.4) is 0 Å². The van der Waals surface area contributed by atoms with E-state index in [1.807, 2.05) is 60.7 Å². The number of halogens is 1. The highest BCUT2D eigenvalue weighted by Gasteiger charge is 2.48. The third kappa shape index (κ3) is 5.78. The third-order valence-corrected chi connectivity index (χ3v) is 12.5. The van der Waals surface area contributed by atoms with Crippen molar-refractivity contribution in [1.29, 1.82) is 0 Å². The van der Waals surface area contributed by atoms with Crippen LogP contribution in [0.5, 0.6) is 0 Å². The predicted molar refractivity (Wildman–Crippen MR) is 165 cm³/mol. The van der Waals surface area contributed by atoms with Crippen molar-refractivity contribution in [3.63, 3.8) is 0 Å². The SMILES string of the molecule is CN(C[C@@H](CCN1CCC2(CC1)C[S+]([O-])c1ccccc12)c1ccc(Cl)cc1)S(=O)(=O)c1cnc2ccccc2c1. The van der Waals surface area contributed by atoms with Gasteiger partial charge in [0, 0.05) is 41.2 Å². The lowest BCUT2D eigenvalue weighted by Gasteiger charge is -2.38. The number of likely N-dealkylation sites (tertiary alicyclic amines) is 1. The number of likely N-dealkylation sites (N-methyl/N-ethyl adjacent to an activating group) is 1. The van der Waals surface area contributed by atoms with E-state index in [0.717, 1.165) is 66.0 Å². The topological polar surface area (TPSA) is 76.6 Å². The van der Waals surface area contributed by atoms with E-state index < -0.39 is 21.2 Å². The van der Waals surface area contributed by atoms with Crippen LogP contribution < -0.4 is 0 Å². The first-order valence-electron chi connectivity index (χ1n) is 14.0. The number of hydrogen-bond acceptors (Lipinski definition) is 5. The fraction of sp³-hybridized carbons (Fsp3) is 0.344. The Balaban J connectivity index is 1.15. The van der Waals surface area contributed by atoms with Gasteiger partial charge in [-0.15, -0.1) is 0 Å². The van der Waals surface area contributed by atoms with Crippen LogP contribution in [-0.4, -0.2) is 66.1 Å². The van der Waals surface area contributed by atoms with Crippen LogP contribution in [0.25, 0.3) is 10.9 Å². The number of fused-ring (bicyclic) bond motifs is 3. The highest BCUT2D eigenvalue weighted by Crippen LogP contribution is 2.46. The molecule has 41 heavy (non-hydrogen) atoms. The Morgan fingerprint density at radius 1 is 1.05 bits per heavy atom. The van der Waals surface area contributed by atoms with E-state index in [-0.39, 0.29) is 16.2 Å². The molecule has 2 aliphatic heterocycles. The van der Waals surface area contributed by atoms with E-state index in [2.05, 4.69) is 22.0 Å². The molecule has 1 fully saturated rings. The zero-order chi connectivity index (χ0) is 28.6. The molecule has 0 saturated carbocycles. The lowest BCUT2D eigenvalue weighted by Crippen LogP contribution is -2.44. The first-order chi connectivity index (χ1) is 19.7. The highest BCUT2D eigenvalue weighted by atomic mass is 35.5. The van der Waals surface area contributed by atoms with Gasteiger partial charge in [-0.3, -0.25) is 4.98 Å². The van der Waals surface area contributed by atoms with Crippen LogP contribution in [0.15, 0.2) is 94.9 Å². The van der Waals surface area contributed by atoms with Crippen LogP contribution in [0.4, 0.5) is 0 Å². The molecular weight excluding hydrogens is 574 g/mol. The Labute approximate surface area is 250 Å². The number of para-hydroxylation sites is 1. The van der Waals surface area contributed by atoms with Crippen molar-refractivity contribution in [2.24, 2.45) is 0 Å². The fourth-order valence-corrected chi connectivity index (χ4v) is 9.53. The van der Waals surface area contributed by atoms with Gasteiger partial charge < -0.3 is 9.45 Å². The average molecular weight is 608 g/mol. The Hall–Kier alpha value is -2.46. The lowest BCUT2D eigenvalue weighted by molar-refractivity contribution is 0.165. The highest BCUT2D eigenvalue weighted by molar-refractivity contribution is 7.91. The van der Waals surface area contributed by atoms with E-state index in [4.69, 9.17) is 11.6 Å². The predicted octanol–water partition coefficient (Wildman–Crippen LogP) is 5.84. The van der Waals surface area contributed by atoms with Crippen molar-refractivity contribution in [2.45, 2.75) is 40.4 Å². The van der Waals surface area contributed by atoms with Crippen LogP contribution in [-0.2, 0) is 26.6 Å². The van der Waals surface area contributed by atoms with Gasteiger partial charge in [0.05, 0.1) is 5.52 Å². The number of rotatable bonds is 8. The number of aromatic nitrogens is 1. The number of sulfonamides is 1. The molecule has 0 amide bonds. The lowest BCUT2D eigenvalue weighted by atomic mass is 9.74. The minimum Gasteiger partial charge on any atom is -0.611 e. The maximum Gasteiger partial charge on any atom is 0.244 e. The van der Waals surface area contributed by atoms with Crippen molar-refractivity contribution >= 4 is 43.7 Å². The van der Waals surface area contributed by atoms with Gasteiger partial charge in [-0.2, -0.15) is 0 Å². The van der Waals surface area contributed by atoms with Gasteiger partial charge in [0.1, 0.15) is 10.6 Å². The van der Waals surface area contributed by atoms with E-state index in [1.165, 1.54) is 16.1 Å². The second kappa shape index (κ2) is 11.7. The molecule has 4 aromatic rings. The molecule has 2 atom stereocenters. The summed E-state index contributed by atoms with van der Waals surface area (Å²) in [6.07, 6.45) is 4.24. The fourth-order valence-electron chi connectivity index (χ4n) is 6.35. The van der Waals surface area contributed by atoms with E-state index in [1.54, 1.807) is 13.1 Å². The summed E-state index contributed by atoms with van der Waals surface area (Å²) in [5, 5.41) is 1.46. The molecule has 0 aliphatic carbocycles. The van der Waals surface area contributed by atoms with E-state index in [9.17, 15) is 13.0 Å². The van der Waals surface area contributed by atoms with Gasteiger partial charge in [-0.25, -0.2) is 12.7 Å². The molecule has 214 valence electrons. The molecule has 0 N–H and O–H groups in total. The average Bonchev–Trinajstić information content (AvgIpc) is 3.27. The van der Waals surface area contributed by atoms with E-state index >= 15 is 0 Å². The zero-order valence-electron chi connectivity index (χ0n) is 23.1. The Morgan fingerprint density at radius 3 is 2.54 bits per heavy atom. The summed E-state index contributed by atoms with van der Waals surface area (Å²) in [4.78, 5) is 8.06. The number of pyridine rings is 1. The molecule has 1 saturated heterocycles. The molecule has 1 aromatic heterocycles. The standard InChI is InChI=1S/C32H34ClN3O3S2/c1-35(41(38,39)28-20-25-6-2-4-8-30(25)34-21-28)22-26(24-10-12-27(33)13-11-24)14-17-36-18-15-32(16-19-36)23-40(37)31-9-5-3-7-29(31)32/h2-13,20-21,26H,14-19,22-23H2,1H3/t26-,40?/m1/s1. The summed E-state index contributed by atoms with van der Waals surface area (Å²) >= 11 is 5.26. The largest absolute Gasteiger partial charge is 0.611 e. The van der Waals surface area contributed by atoms with Gasteiger partial charge in [0.25, 0.3) is 0 Å². The van der Waals surface area contributed by atoms with Crippen LogP contribution in [0.2, 0.25) is 5.02 Å². The molecule has 3 heterocycles. The molecule has 6 nitrogen and oxygen atoms in total. The van der Waals surface area contributed by atoms with Gasteiger partial charge >= 0.3 is 0 Å². The third-order valence-electron chi connectivity index (χ3n) is 8.81. The Bertz CT molecular complexity index is 1640. The minimum absolute atomic E-state index is 0.00365. The summed E-state index contributed by atoms with van der Waals surface area (Å²) in [7, 11) is -2.08. The van der Waals surface area contributed by atoms with Crippen LogP contribution in [0.1, 0.15) is 36.3 Å². The smallest absolute Gasteiger partial charge is 0.244 e. The number of benzene rings is 3. The van der Waals surface area contributed by atoms with Crippen molar-refractivity contribution in [1.82, 2.24) is 14.2 Å². The number of nitrogens with zero attached hydrogens (tertiary/aromatic N) is 3. The first kappa shape index (κ1) is 28.6. The molecule has 1 spiro atoms. The first-order valence-corrected chi connectivity index (χ1v) is 17.2. The number of piperidine rings is 1. The van der Waals surface area contributed by atoms with Crippen molar-refractivity contribution < 1.29 is 13.0 Å². The number of hydrogen-bond donors (Lipinski definition) is 0. The minimum atomic E-state index is -3.73. The second-order valence-corrected chi connectivity index (χ2v) is 15.2. The Morgan fingerprint density at radius 2 is 1.76 bits per heavy atom. The molecule has 6 rings (SSSR count). The maximum atomic E-state index is 13.6. The van der Waals surface area contributed by atoms with Crippen LogP contribution >= 0.6 is 11.6 Å². The summed E-state index contributed by atoms with van der Waals surface area (Å²) in [5.41, 5.74) is 3.12. The summed E-state index contributed by atoms with van der Waals surface area (Å²) in [5.74, 6) is 0.718. The van der Waals surface area contributed by atoms with Crippen molar-refractivity contribution in [2.75, 3.05) is 39.0 Å². The van der Waals surface area contributed by atoms with E-state index in [0.29, 0.717) is 11.6 Å². The van der Waals surface area contributed by atoms with Gasteiger partial charge in [-0.1, -0.05) is 60.1 Å². The quantitative estimate of drug-likeness (QED) is 0.235. The normalized spacial score (nSPS) is 19.6. The molecule has 0 radical (unpaired) electrons. The molecular formula is C32H34ClN3O3S2. The summed E-state index contributed by atoms with van der Waals surface area (Å²) in [6, 6.07) is 25.2. The van der Waals surface area contributed by atoms with Crippen molar-refractivity contribution in [3.05, 3.63) is 101 Å². The van der Waals surface area contributed by atoms with Gasteiger partial charge in [0.15, 0.2) is 4.90 Å². The molecule has 0 bridgehead atoms. The van der Waals surface area contributed by atoms with Gasteiger partial charge in [0.2, 0.25) is 10.0 Å². The molecule has 1 unspecified atom stereocenters. The molecule has 3 aromatic carbocycles. The van der Waals surface area contributed by atoms with Crippen molar-refractivity contribution in [3.8, 4) is 0 Å². The zero-order valence-corrected chi connectivity index (χ0v) is 25.5. The maximum absolute atomic E-state index is 13.6. The van der Waals surface area contributed by atoms with Crippen LogP contribution in [0, 0.1) is 0 Å². The second-order valence-electron chi connectivity index (χ2n) is 11.3. The Kier molecular flexibility index (Phi) is 8.15. The molecule has 9 heteroatoms.